The number of nitrogens with zero attached hydrogens (tertiary/aromatic N) is 4. The lowest BCUT2D eigenvalue weighted by Crippen LogP contribution is -2.05. The van der Waals surface area contributed by atoms with E-state index in [1.165, 1.54) is 11.1 Å². The lowest BCUT2D eigenvalue weighted by molar-refractivity contribution is 0.717. The van der Waals surface area contributed by atoms with E-state index >= 15 is 0 Å². The van der Waals surface area contributed by atoms with Crippen LogP contribution in [0, 0.1) is 6.92 Å². The van der Waals surface area contributed by atoms with Gasteiger partial charge in [0, 0.05) is 7.05 Å². The molecule has 72 valence electrons. The summed E-state index contributed by atoms with van der Waals surface area (Å²) in [5, 5.41) is 14.7. The van der Waals surface area contributed by atoms with E-state index in [1.807, 2.05) is 32.2 Å². The van der Waals surface area contributed by atoms with Crippen molar-refractivity contribution in [1.29, 1.82) is 0 Å². The Balaban J connectivity index is 2.61. The van der Waals surface area contributed by atoms with E-state index in [0.717, 1.165) is 16.9 Å². The van der Waals surface area contributed by atoms with E-state index in [9.17, 15) is 0 Å². The van der Waals surface area contributed by atoms with Gasteiger partial charge in [0.05, 0.1) is 5.69 Å². The maximum atomic E-state index is 4.01. The van der Waals surface area contributed by atoms with Gasteiger partial charge in [0.15, 0.2) is 6.33 Å². The molecule has 1 N–H and O–H groups in total. The highest BCUT2D eigenvalue weighted by atomic mass is 15.6. The second kappa shape index (κ2) is 3.45. The summed E-state index contributed by atoms with van der Waals surface area (Å²) in [6, 6.07) is 5.98. The highest BCUT2D eigenvalue weighted by Gasteiger charge is 2.07. The third kappa shape index (κ3) is 1.32. The summed E-state index contributed by atoms with van der Waals surface area (Å²) in [6.45, 7) is 2.01. The number of tetrazole rings is 1. The summed E-state index contributed by atoms with van der Waals surface area (Å²) in [4.78, 5) is 1.52. The Morgan fingerprint density at radius 2 is 2.21 bits per heavy atom. The maximum absolute atomic E-state index is 4.01. The van der Waals surface area contributed by atoms with Crippen molar-refractivity contribution in [2.24, 2.45) is 0 Å². The zero-order valence-corrected chi connectivity index (χ0v) is 8.10. The van der Waals surface area contributed by atoms with E-state index in [1.54, 1.807) is 0 Å². The van der Waals surface area contributed by atoms with Crippen molar-refractivity contribution in [2.45, 2.75) is 6.92 Å². The molecule has 14 heavy (non-hydrogen) atoms. The molecule has 0 spiro atoms. The molecule has 0 aliphatic carbocycles. The number of nitrogens with one attached hydrogen (secondary N) is 1. The number of hydrogen-bond donors (Lipinski definition) is 1. The van der Waals surface area contributed by atoms with Crippen LogP contribution in [0.25, 0.3) is 5.69 Å². The molecule has 0 fully saturated rings. The van der Waals surface area contributed by atoms with Crippen molar-refractivity contribution < 1.29 is 0 Å². The molecular formula is C9H11N5. The van der Waals surface area contributed by atoms with Gasteiger partial charge in [-0.15, -0.1) is 15.0 Å². The Morgan fingerprint density at radius 3 is 2.86 bits per heavy atom. The molecule has 0 unspecified atom stereocenters. The minimum absolute atomic E-state index is 0.938. The second-order valence-corrected chi connectivity index (χ2v) is 2.95. The monoisotopic (exact) mass is 189 g/mol. The molecule has 1 heterocycles. The van der Waals surface area contributed by atoms with Crippen molar-refractivity contribution >= 4 is 5.69 Å². The van der Waals surface area contributed by atoms with Gasteiger partial charge in [-0.1, -0.05) is 12.1 Å². The van der Waals surface area contributed by atoms with E-state index in [4.69, 9.17) is 0 Å². The molecule has 0 amide bonds. The van der Waals surface area contributed by atoms with Crippen molar-refractivity contribution in [2.75, 3.05) is 12.4 Å². The van der Waals surface area contributed by atoms with Crippen LogP contribution in [-0.2, 0) is 0 Å². The predicted molar refractivity (Wildman–Crippen MR) is 53.4 cm³/mol. The van der Waals surface area contributed by atoms with E-state index < -0.39 is 0 Å². The standard InChI is InChI=1S/C9H11N5/c1-7-4-3-5-8(10-2)9(7)14-12-6-11-13-14/h3-6,10H,1-2H3. The molecule has 0 radical (unpaired) electrons. The topological polar surface area (TPSA) is 55.6 Å². The summed E-state index contributed by atoms with van der Waals surface area (Å²) >= 11 is 0. The van der Waals surface area contributed by atoms with Crippen molar-refractivity contribution in [3.63, 3.8) is 0 Å². The molecule has 0 saturated heterocycles. The van der Waals surface area contributed by atoms with E-state index in [0.29, 0.717) is 0 Å². The molecule has 0 saturated carbocycles. The van der Waals surface area contributed by atoms with Gasteiger partial charge in [-0.3, -0.25) is 0 Å². The number of rotatable bonds is 2. The average Bonchev–Trinajstić information content (AvgIpc) is 2.70. The Kier molecular flexibility index (Phi) is 2.14. The Hall–Kier alpha value is -1.91. The van der Waals surface area contributed by atoms with Crippen LogP contribution in [0.15, 0.2) is 24.5 Å². The number of anilines is 1. The Labute approximate surface area is 81.8 Å². The number of para-hydroxylation sites is 1. The Morgan fingerprint density at radius 1 is 1.36 bits per heavy atom. The van der Waals surface area contributed by atoms with Crippen molar-refractivity contribution in [3.05, 3.63) is 30.1 Å². The van der Waals surface area contributed by atoms with Gasteiger partial charge >= 0.3 is 0 Å². The first kappa shape index (κ1) is 8.68. The largest absolute Gasteiger partial charge is 0.386 e. The first-order valence-corrected chi connectivity index (χ1v) is 4.33. The van der Waals surface area contributed by atoms with Gasteiger partial charge in [0.25, 0.3) is 0 Å². The van der Waals surface area contributed by atoms with Crippen LogP contribution in [0.5, 0.6) is 0 Å². The minimum Gasteiger partial charge on any atom is -0.386 e. The lowest BCUT2D eigenvalue weighted by atomic mass is 10.2. The third-order valence-corrected chi connectivity index (χ3v) is 2.06. The summed E-state index contributed by atoms with van der Waals surface area (Å²) in [7, 11) is 1.87. The van der Waals surface area contributed by atoms with Gasteiger partial charge in [-0.05, 0) is 23.8 Å². The van der Waals surface area contributed by atoms with Crippen LogP contribution in [0.2, 0.25) is 0 Å². The van der Waals surface area contributed by atoms with Gasteiger partial charge < -0.3 is 5.32 Å². The SMILES string of the molecule is CNc1cccc(C)c1-n1ncnn1. The lowest BCUT2D eigenvalue weighted by Gasteiger charge is -2.09. The molecule has 1 aromatic heterocycles. The van der Waals surface area contributed by atoms with Crippen LogP contribution in [-0.4, -0.2) is 27.3 Å². The molecular weight excluding hydrogens is 178 g/mol. The van der Waals surface area contributed by atoms with Crippen LogP contribution in [0.3, 0.4) is 0 Å². The average molecular weight is 189 g/mol. The molecule has 0 atom stereocenters. The summed E-state index contributed by atoms with van der Waals surface area (Å²) in [5.74, 6) is 0. The molecule has 5 nitrogen and oxygen atoms in total. The van der Waals surface area contributed by atoms with Crippen LogP contribution in [0.4, 0.5) is 5.69 Å². The number of hydrogen-bond acceptors (Lipinski definition) is 4. The first-order chi connectivity index (χ1) is 6.83. The van der Waals surface area contributed by atoms with Gasteiger partial charge in [0.1, 0.15) is 5.69 Å². The van der Waals surface area contributed by atoms with Gasteiger partial charge in [0.2, 0.25) is 0 Å². The van der Waals surface area contributed by atoms with E-state index in [-0.39, 0.29) is 0 Å². The van der Waals surface area contributed by atoms with Gasteiger partial charge in [-0.2, -0.15) is 0 Å². The van der Waals surface area contributed by atoms with Crippen LogP contribution >= 0.6 is 0 Å². The molecule has 2 aromatic rings. The normalized spacial score (nSPS) is 10.1. The number of aromatic nitrogens is 4. The zero-order chi connectivity index (χ0) is 9.97. The molecule has 5 heteroatoms. The smallest absolute Gasteiger partial charge is 0.162 e. The fourth-order valence-corrected chi connectivity index (χ4v) is 1.40. The molecule has 2 rings (SSSR count). The molecule has 0 aliphatic heterocycles. The maximum Gasteiger partial charge on any atom is 0.162 e. The second-order valence-electron chi connectivity index (χ2n) is 2.95. The predicted octanol–water partition coefficient (Wildman–Crippen LogP) is 1.01. The fourth-order valence-electron chi connectivity index (χ4n) is 1.40. The fraction of sp³-hybridized carbons (Fsp3) is 0.222. The Bertz CT molecular complexity index is 421. The zero-order valence-electron chi connectivity index (χ0n) is 8.10. The number of benzene rings is 1. The highest BCUT2D eigenvalue weighted by molar-refractivity contribution is 5.63. The summed E-state index contributed by atoms with van der Waals surface area (Å²) in [5.41, 5.74) is 3.03. The molecule has 0 bridgehead atoms. The third-order valence-electron chi connectivity index (χ3n) is 2.06. The summed E-state index contributed by atoms with van der Waals surface area (Å²) in [6.07, 6.45) is 1.42. The first-order valence-electron chi connectivity index (χ1n) is 4.33. The quantitative estimate of drug-likeness (QED) is 0.766. The molecule has 1 aromatic carbocycles. The minimum atomic E-state index is 0.938. The van der Waals surface area contributed by atoms with Crippen molar-refractivity contribution in [1.82, 2.24) is 20.2 Å². The van der Waals surface area contributed by atoms with Crippen LogP contribution < -0.4 is 5.32 Å². The number of aryl methyl sites for hydroxylation is 1. The van der Waals surface area contributed by atoms with Gasteiger partial charge in [-0.25, -0.2) is 0 Å². The van der Waals surface area contributed by atoms with E-state index in [2.05, 4.69) is 20.7 Å². The van der Waals surface area contributed by atoms with Crippen molar-refractivity contribution in [3.8, 4) is 5.69 Å². The summed E-state index contributed by atoms with van der Waals surface area (Å²) < 4.78 is 0. The molecule has 0 aliphatic rings. The highest BCUT2D eigenvalue weighted by Crippen LogP contribution is 2.21. The van der Waals surface area contributed by atoms with Crippen LogP contribution in [0.1, 0.15) is 5.56 Å².